The first-order valence-electron chi connectivity index (χ1n) is 5.65. The van der Waals surface area contributed by atoms with Crippen LogP contribution in [0.1, 0.15) is 23.7 Å². The van der Waals surface area contributed by atoms with Gasteiger partial charge in [-0.2, -0.15) is 0 Å². The van der Waals surface area contributed by atoms with E-state index in [4.69, 9.17) is 25.1 Å². The highest BCUT2D eigenvalue weighted by Crippen LogP contribution is 2.38. The summed E-state index contributed by atoms with van der Waals surface area (Å²) in [5.41, 5.74) is 5.06. The van der Waals surface area contributed by atoms with Gasteiger partial charge in [0.05, 0.1) is 0 Å². The van der Waals surface area contributed by atoms with E-state index in [0.29, 0.717) is 17.9 Å². The van der Waals surface area contributed by atoms with E-state index in [9.17, 15) is 9.59 Å². The number of carbonyl (C=O) groups is 2. The van der Waals surface area contributed by atoms with Gasteiger partial charge in [-0.25, -0.2) is 4.79 Å². The van der Waals surface area contributed by atoms with Crippen LogP contribution in [0.15, 0.2) is 12.1 Å². The molecule has 19 heavy (non-hydrogen) atoms. The average Bonchev–Trinajstić information content (AvgIpc) is 2.81. The lowest BCUT2D eigenvalue weighted by molar-refractivity contribution is -0.124. The molecule has 102 valence electrons. The second-order valence-electron chi connectivity index (χ2n) is 3.92. The van der Waals surface area contributed by atoms with Crippen molar-refractivity contribution < 1.29 is 28.9 Å². The predicted molar refractivity (Wildman–Crippen MR) is 63.4 cm³/mol. The van der Waals surface area contributed by atoms with Gasteiger partial charge < -0.3 is 25.1 Å². The number of fused-ring (bicyclic) bond motifs is 1. The van der Waals surface area contributed by atoms with Crippen LogP contribution in [0, 0.1) is 0 Å². The van der Waals surface area contributed by atoms with Crippen molar-refractivity contribution in [1.82, 2.24) is 0 Å². The van der Waals surface area contributed by atoms with Gasteiger partial charge in [-0.3, -0.25) is 4.79 Å². The van der Waals surface area contributed by atoms with Crippen molar-refractivity contribution in [2.75, 3.05) is 6.79 Å². The first-order chi connectivity index (χ1) is 9.02. The smallest absolute Gasteiger partial charge is 0.339 e. The molecule has 1 amide bonds. The fourth-order valence-corrected chi connectivity index (χ4v) is 1.68. The lowest BCUT2D eigenvalue weighted by Crippen LogP contribution is -2.33. The van der Waals surface area contributed by atoms with E-state index in [2.05, 4.69) is 0 Å². The lowest BCUT2D eigenvalue weighted by atomic mass is 10.1. The minimum atomic E-state index is -1.19. The molecule has 0 radical (unpaired) electrons. The van der Waals surface area contributed by atoms with Crippen LogP contribution in [0.25, 0.3) is 0 Å². The van der Waals surface area contributed by atoms with Crippen LogP contribution in [0.5, 0.6) is 17.2 Å². The number of amides is 1. The third-order valence-electron chi connectivity index (χ3n) is 2.66. The molecule has 1 aromatic rings. The Morgan fingerprint density at radius 2 is 2.05 bits per heavy atom. The lowest BCUT2D eigenvalue weighted by Gasteiger charge is -2.16. The molecule has 7 heteroatoms. The fraction of sp³-hybridized carbons (Fsp3) is 0.333. The molecule has 1 aromatic carbocycles. The SMILES string of the molecule is CCC(Oc1cc2c(cc1C(=O)O)OCO2)C(N)=O. The molecular weight excluding hydrogens is 254 g/mol. The van der Waals surface area contributed by atoms with Gasteiger partial charge in [0.25, 0.3) is 5.91 Å². The molecule has 0 aliphatic carbocycles. The number of benzene rings is 1. The summed E-state index contributed by atoms with van der Waals surface area (Å²) in [6.45, 7) is 1.73. The number of hydrogen-bond donors (Lipinski definition) is 2. The van der Waals surface area contributed by atoms with Crippen LogP contribution in [-0.2, 0) is 4.79 Å². The molecule has 1 heterocycles. The largest absolute Gasteiger partial charge is 0.480 e. The summed E-state index contributed by atoms with van der Waals surface area (Å²) in [4.78, 5) is 22.3. The Morgan fingerprint density at radius 3 is 2.58 bits per heavy atom. The van der Waals surface area contributed by atoms with E-state index in [1.807, 2.05) is 0 Å². The van der Waals surface area contributed by atoms with Crippen LogP contribution < -0.4 is 19.9 Å². The number of nitrogens with two attached hydrogens (primary N) is 1. The summed E-state index contributed by atoms with van der Waals surface area (Å²) in [6.07, 6.45) is -0.554. The number of carboxylic acid groups (broad SMARTS) is 1. The Balaban J connectivity index is 2.38. The summed E-state index contributed by atoms with van der Waals surface area (Å²) >= 11 is 0. The van der Waals surface area contributed by atoms with Crippen molar-refractivity contribution in [2.45, 2.75) is 19.4 Å². The topological polar surface area (TPSA) is 108 Å². The maximum atomic E-state index is 11.2. The minimum absolute atomic E-state index is 0.0187. The molecule has 0 saturated heterocycles. The molecule has 0 spiro atoms. The van der Waals surface area contributed by atoms with E-state index in [1.54, 1.807) is 6.92 Å². The zero-order valence-electron chi connectivity index (χ0n) is 10.2. The highest BCUT2D eigenvalue weighted by molar-refractivity contribution is 5.92. The fourth-order valence-electron chi connectivity index (χ4n) is 1.68. The Kier molecular flexibility index (Phi) is 3.46. The zero-order chi connectivity index (χ0) is 14.0. The summed E-state index contributed by atoms with van der Waals surface area (Å²) < 4.78 is 15.6. The normalized spacial score (nSPS) is 13.9. The first kappa shape index (κ1) is 13.0. The molecule has 0 aromatic heterocycles. The molecule has 0 saturated carbocycles. The third-order valence-corrected chi connectivity index (χ3v) is 2.66. The minimum Gasteiger partial charge on any atom is -0.480 e. The van der Waals surface area contributed by atoms with E-state index < -0.39 is 18.0 Å². The number of primary amides is 1. The van der Waals surface area contributed by atoms with Crippen molar-refractivity contribution in [2.24, 2.45) is 5.73 Å². The number of rotatable bonds is 5. The summed E-state index contributed by atoms with van der Waals surface area (Å²) in [7, 11) is 0. The molecule has 0 bridgehead atoms. The van der Waals surface area contributed by atoms with Crippen LogP contribution in [0.4, 0.5) is 0 Å². The molecule has 3 N–H and O–H groups in total. The second kappa shape index (κ2) is 5.05. The molecular formula is C12H13NO6. The molecule has 1 atom stereocenters. The quantitative estimate of drug-likeness (QED) is 0.815. The number of carbonyl (C=O) groups excluding carboxylic acids is 1. The standard InChI is InChI=1S/C12H13NO6/c1-2-7(11(13)14)19-8-4-10-9(17-5-18-10)3-6(8)12(15)16/h3-4,7H,2,5H2,1H3,(H2,13,14)(H,15,16). The highest BCUT2D eigenvalue weighted by Gasteiger charge is 2.24. The van der Waals surface area contributed by atoms with Gasteiger partial charge in [-0.05, 0) is 6.42 Å². The van der Waals surface area contributed by atoms with E-state index in [-0.39, 0.29) is 18.1 Å². The van der Waals surface area contributed by atoms with Crippen LogP contribution in [0.3, 0.4) is 0 Å². The van der Waals surface area contributed by atoms with E-state index in [0.717, 1.165) is 0 Å². The van der Waals surface area contributed by atoms with Crippen LogP contribution in [0.2, 0.25) is 0 Å². The number of aromatic carboxylic acids is 1. The molecule has 1 aliphatic rings. The molecule has 7 nitrogen and oxygen atoms in total. The Bertz CT molecular complexity index is 527. The first-order valence-corrected chi connectivity index (χ1v) is 5.65. The van der Waals surface area contributed by atoms with Crippen molar-refractivity contribution in [1.29, 1.82) is 0 Å². The number of hydrogen-bond acceptors (Lipinski definition) is 5. The van der Waals surface area contributed by atoms with Gasteiger partial charge >= 0.3 is 5.97 Å². The van der Waals surface area contributed by atoms with Gasteiger partial charge in [0, 0.05) is 12.1 Å². The van der Waals surface area contributed by atoms with Gasteiger partial charge in [0.1, 0.15) is 11.3 Å². The average molecular weight is 267 g/mol. The Morgan fingerprint density at radius 1 is 1.42 bits per heavy atom. The van der Waals surface area contributed by atoms with Gasteiger partial charge in [-0.1, -0.05) is 6.92 Å². The Labute approximate surface area is 108 Å². The van der Waals surface area contributed by atoms with Crippen molar-refractivity contribution in [3.05, 3.63) is 17.7 Å². The zero-order valence-corrected chi connectivity index (χ0v) is 10.2. The number of carboxylic acids is 1. The van der Waals surface area contributed by atoms with E-state index in [1.165, 1.54) is 12.1 Å². The summed E-state index contributed by atoms with van der Waals surface area (Å²) in [5, 5.41) is 9.13. The van der Waals surface area contributed by atoms with E-state index >= 15 is 0 Å². The van der Waals surface area contributed by atoms with Crippen LogP contribution in [-0.4, -0.2) is 29.9 Å². The molecule has 2 rings (SSSR count). The van der Waals surface area contributed by atoms with Gasteiger partial charge in [0.2, 0.25) is 6.79 Å². The molecule has 1 aliphatic heterocycles. The maximum absolute atomic E-state index is 11.2. The van der Waals surface area contributed by atoms with Gasteiger partial charge in [-0.15, -0.1) is 0 Å². The van der Waals surface area contributed by atoms with Crippen molar-refractivity contribution in [3.8, 4) is 17.2 Å². The van der Waals surface area contributed by atoms with Gasteiger partial charge in [0.15, 0.2) is 17.6 Å². The maximum Gasteiger partial charge on any atom is 0.339 e. The van der Waals surface area contributed by atoms with Crippen molar-refractivity contribution >= 4 is 11.9 Å². The monoisotopic (exact) mass is 267 g/mol. The molecule has 0 fully saturated rings. The Hall–Kier alpha value is -2.44. The third kappa shape index (κ3) is 2.54. The second-order valence-corrected chi connectivity index (χ2v) is 3.92. The van der Waals surface area contributed by atoms with Crippen molar-refractivity contribution in [3.63, 3.8) is 0 Å². The number of ether oxygens (including phenoxy) is 3. The van der Waals surface area contributed by atoms with Crippen LogP contribution >= 0.6 is 0 Å². The highest BCUT2D eigenvalue weighted by atomic mass is 16.7. The summed E-state index contributed by atoms with van der Waals surface area (Å²) in [6, 6.07) is 2.69. The molecule has 1 unspecified atom stereocenters. The predicted octanol–water partition coefficient (Wildman–Crippen LogP) is 0.756. The summed E-state index contributed by atoms with van der Waals surface area (Å²) in [5.74, 6) is -1.11.